The van der Waals surface area contributed by atoms with E-state index in [0.717, 1.165) is 5.56 Å². The average Bonchev–Trinajstić information content (AvgIpc) is 2.10. The van der Waals surface area contributed by atoms with Crippen molar-refractivity contribution in [2.75, 3.05) is 0 Å². The molecule has 0 aromatic heterocycles. The molecular formula is C10H14ClNO2. The summed E-state index contributed by atoms with van der Waals surface area (Å²) in [7, 11) is 0. The van der Waals surface area contributed by atoms with Crippen LogP contribution in [-0.4, -0.2) is 10.2 Å². The van der Waals surface area contributed by atoms with E-state index in [0.29, 0.717) is 6.42 Å². The second-order valence-electron chi connectivity index (χ2n) is 2.88. The van der Waals surface area contributed by atoms with Gasteiger partial charge >= 0.3 is 0 Å². The Labute approximate surface area is 89.3 Å². The standard InChI is InChI=1S/C10H13NO2.ClH/c1-2-3-8(11)7-4-5-9(12)10(13)6-7;/h2,4-6,8,12-13H,1,3,11H2;1H/t8-;/m0./s1. The Hall–Kier alpha value is -1.19. The molecule has 78 valence electrons. The van der Waals surface area contributed by atoms with E-state index in [1.54, 1.807) is 12.1 Å². The van der Waals surface area contributed by atoms with Gasteiger partial charge in [0, 0.05) is 6.04 Å². The molecule has 4 N–H and O–H groups in total. The van der Waals surface area contributed by atoms with Crippen molar-refractivity contribution in [3.8, 4) is 11.5 Å². The third kappa shape index (κ3) is 2.94. The van der Waals surface area contributed by atoms with Crippen molar-refractivity contribution in [1.82, 2.24) is 0 Å². The zero-order valence-electron chi connectivity index (χ0n) is 7.68. The van der Waals surface area contributed by atoms with Gasteiger partial charge in [0.2, 0.25) is 0 Å². The maximum atomic E-state index is 9.19. The summed E-state index contributed by atoms with van der Waals surface area (Å²) >= 11 is 0. The Morgan fingerprint density at radius 2 is 2.00 bits per heavy atom. The highest BCUT2D eigenvalue weighted by Gasteiger charge is 2.06. The molecule has 0 spiro atoms. The van der Waals surface area contributed by atoms with Gasteiger partial charge in [-0.25, -0.2) is 0 Å². The second-order valence-corrected chi connectivity index (χ2v) is 2.88. The number of phenols is 2. The Bertz CT molecular complexity index is 315. The van der Waals surface area contributed by atoms with Crippen molar-refractivity contribution >= 4 is 12.4 Å². The highest BCUT2D eigenvalue weighted by Crippen LogP contribution is 2.27. The smallest absolute Gasteiger partial charge is 0.157 e. The van der Waals surface area contributed by atoms with E-state index in [2.05, 4.69) is 6.58 Å². The maximum absolute atomic E-state index is 9.19. The van der Waals surface area contributed by atoms with Crippen LogP contribution in [0.3, 0.4) is 0 Å². The van der Waals surface area contributed by atoms with Crippen LogP contribution in [0.25, 0.3) is 0 Å². The molecule has 0 heterocycles. The highest BCUT2D eigenvalue weighted by atomic mass is 35.5. The van der Waals surface area contributed by atoms with Crippen LogP contribution in [0.5, 0.6) is 11.5 Å². The van der Waals surface area contributed by atoms with Crippen molar-refractivity contribution in [1.29, 1.82) is 0 Å². The minimum Gasteiger partial charge on any atom is -0.504 e. The molecule has 0 bridgehead atoms. The van der Waals surface area contributed by atoms with E-state index in [1.165, 1.54) is 12.1 Å². The third-order valence-corrected chi connectivity index (χ3v) is 1.85. The zero-order chi connectivity index (χ0) is 9.84. The summed E-state index contributed by atoms with van der Waals surface area (Å²) in [6, 6.07) is 4.39. The number of phenolic OH excluding ortho intramolecular Hbond substituents is 2. The predicted molar refractivity (Wildman–Crippen MR) is 58.8 cm³/mol. The molecule has 1 rings (SSSR count). The van der Waals surface area contributed by atoms with Crippen LogP contribution in [0.2, 0.25) is 0 Å². The first-order valence-corrected chi connectivity index (χ1v) is 4.03. The molecular weight excluding hydrogens is 202 g/mol. The molecule has 0 unspecified atom stereocenters. The summed E-state index contributed by atoms with van der Waals surface area (Å²) in [6.45, 7) is 3.57. The zero-order valence-corrected chi connectivity index (χ0v) is 8.50. The summed E-state index contributed by atoms with van der Waals surface area (Å²) in [6.07, 6.45) is 2.36. The van der Waals surface area contributed by atoms with Crippen molar-refractivity contribution in [3.63, 3.8) is 0 Å². The van der Waals surface area contributed by atoms with E-state index in [-0.39, 0.29) is 29.9 Å². The first kappa shape index (κ1) is 12.8. The molecule has 0 saturated carbocycles. The lowest BCUT2D eigenvalue weighted by atomic mass is 10.0. The van der Waals surface area contributed by atoms with Crippen molar-refractivity contribution in [3.05, 3.63) is 36.4 Å². The summed E-state index contributed by atoms with van der Waals surface area (Å²) in [5.41, 5.74) is 6.55. The van der Waals surface area contributed by atoms with E-state index >= 15 is 0 Å². The van der Waals surface area contributed by atoms with Crippen molar-refractivity contribution < 1.29 is 10.2 Å². The van der Waals surface area contributed by atoms with Gasteiger partial charge in [0.1, 0.15) is 0 Å². The lowest BCUT2D eigenvalue weighted by Gasteiger charge is -2.09. The maximum Gasteiger partial charge on any atom is 0.157 e. The number of aromatic hydroxyl groups is 2. The molecule has 0 aliphatic rings. The summed E-state index contributed by atoms with van der Waals surface area (Å²) < 4.78 is 0. The van der Waals surface area contributed by atoms with E-state index in [4.69, 9.17) is 10.8 Å². The molecule has 3 nitrogen and oxygen atoms in total. The molecule has 0 fully saturated rings. The SMILES string of the molecule is C=CC[C@H](N)c1ccc(O)c(O)c1.Cl. The van der Waals surface area contributed by atoms with E-state index in [1.807, 2.05) is 0 Å². The lowest BCUT2D eigenvalue weighted by molar-refractivity contribution is 0.402. The summed E-state index contributed by atoms with van der Waals surface area (Å²) in [5, 5.41) is 18.2. The fraction of sp³-hybridized carbons (Fsp3) is 0.200. The van der Waals surface area contributed by atoms with Gasteiger partial charge in [-0.3, -0.25) is 0 Å². The van der Waals surface area contributed by atoms with Crippen LogP contribution in [0.1, 0.15) is 18.0 Å². The van der Waals surface area contributed by atoms with Crippen LogP contribution in [0, 0.1) is 0 Å². The van der Waals surface area contributed by atoms with Gasteiger partial charge in [0.05, 0.1) is 0 Å². The van der Waals surface area contributed by atoms with Crippen LogP contribution in [0.4, 0.5) is 0 Å². The van der Waals surface area contributed by atoms with Gasteiger partial charge in [-0.2, -0.15) is 0 Å². The predicted octanol–water partition coefficient (Wildman–Crippen LogP) is 2.10. The third-order valence-electron chi connectivity index (χ3n) is 1.85. The van der Waals surface area contributed by atoms with E-state index in [9.17, 15) is 5.11 Å². The number of nitrogens with two attached hydrogens (primary N) is 1. The second kappa shape index (κ2) is 5.52. The number of benzene rings is 1. The van der Waals surface area contributed by atoms with Crippen molar-refractivity contribution in [2.24, 2.45) is 5.73 Å². The Kier molecular flexibility index (Phi) is 5.05. The first-order valence-electron chi connectivity index (χ1n) is 4.03. The normalized spacial score (nSPS) is 11.5. The largest absolute Gasteiger partial charge is 0.504 e. The van der Waals surface area contributed by atoms with Crippen molar-refractivity contribution in [2.45, 2.75) is 12.5 Å². The van der Waals surface area contributed by atoms with Gasteiger partial charge in [0.25, 0.3) is 0 Å². The fourth-order valence-corrected chi connectivity index (χ4v) is 1.09. The van der Waals surface area contributed by atoms with E-state index < -0.39 is 0 Å². The minimum atomic E-state index is -0.177. The number of rotatable bonds is 3. The van der Waals surface area contributed by atoms with Crippen LogP contribution in [-0.2, 0) is 0 Å². The lowest BCUT2D eigenvalue weighted by Crippen LogP contribution is -2.08. The number of halogens is 1. The van der Waals surface area contributed by atoms with Crippen LogP contribution >= 0.6 is 12.4 Å². The summed E-state index contributed by atoms with van der Waals surface area (Å²) in [4.78, 5) is 0. The molecule has 4 heteroatoms. The van der Waals surface area contributed by atoms with Crippen LogP contribution in [0.15, 0.2) is 30.9 Å². The summed E-state index contributed by atoms with van der Waals surface area (Å²) in [5.74, 6) is -0.272. The molecule has 0 aliphatic heterocycles. The minimum absolute atomic E-state index is 0. The monoisotopic (exact) mass is 215 g/mol. The average molecular weight is 216 g/mol. The van der Waals surface area contributed by atoms with Gasteiger partial charge in [-0.1, -0.05) is 12.1 Å². The Morgan fingerprint density at radius 1 is 1.36 bits per heavy atom. The van der Waals surface area contributed by atoms with Crippen LogP contribution < -0.4 is 5.73 Å². The molecule has 14 heavy (non-hydrogen) atoms. The van der Waals surface area contributed by atoms with Gasteiger partial charge in [-0.05, 0) is 24.1 Å². The quantitative estimate of drug-likeness (QED) is 0.534. The fourth-order valence-electron chi connectivity index (χ4n) is 1.09. The molecule has 0 amide bonds. The van der Waals surface area contributed by atoms with Gasteiger partial charge < -0.3 is 15.9 Å². The molecule has 0 saturated heterocycles. The Balaban J connectivity index is 0.00000169. The topological polar surface area (TPSA) is 66.5 Å². The number of hydrogen-bond acceptors (Lipinski definition) is 3. The molecule has 1 aromatic carbocycles. The molecule has 0 radical (unpaired) electrons. The molecule has 1 aromatic rings. The first-order chi connectivity index (χ1) is 6.15. The van der Waals surface area contributed by atoms with Gasteiger partial charge in [0.15, 0.2) is 11.5 Å². The number of hydrogen-bond donors (Lipinski definition) is 3. The highest BCUT2D eigenvalue weighted by molar-refractivity contribution is 5.85. The molecule has 0 aliphatic carbocycles. The molecule has 1 atom stereocenters. The van der Waals surface area contributed by atoms with Gasteiger partial charge in [-0.15, -0.1) is 19.0 Å². The Morgan fingerprint density at radius 3 is 2.50 bits per heavy atom.